The highest BCUT2D eigenvalue weighted by Crippen LogP contribution is 2.39. The second kappa shape index (κ2) is 7.29. The van der Waals surface area contributed by atoms with Gasteiger partial charge < -0.3 is 4.74 Å². The van der Waals surface area contributed by atoms with Crippen molar-refractivity contribution in [3.05, 3.63) is 40.0 Å². The Morgan fingerprint density at radius 2 is 1.85 bits per heavy atom. The molecule has 1 aromatic carbocycles. The number of anilines is 1. The zero-order valence-corrected chi connectivity index (χ0v) is 16.7. The number of nitrogens with zero attached hydrogens (tertiary/aromatic N) is 1. The number of amides is 2. The molecule has 1 aromatic rings. The van der Waals surface area contributed by atoms with Gasteiger partial charge in [0.1, 0.15) is 0 Å². The van der Waals surface area contributed by atoms with Gasteiger partial charge in [0.15, 0.2) is 0 Å². The minimum absolute atomic E-state index is 0.180. The fourth-order valence-electron chi connectivity index (χ4n) is 4.11. The predicted octanol–water partition coefficient (Wildman–Crippen LogP) is 3.64. The molecular weight excluding hydrogens is 342 g/mol. The average molecular weight is 369 g/mol. The molecule has 0 saturated carbocycles. The Bertz CT molecular complexity index is 852. The zero-order chi connectivity index (χ0) is 19.9. The lowest BCUT2D eigenvalue weighted by molar-refractivity contribution is -0.144. The highest BCUT2D eigenvalue weighted by molar-refractivity contribution is 6.33. The number of carbonyl (C=O) groups is 3. The van der Waals surface area contributed by atoms with E-state index in [1.807, 2.05) is 32.9 Å². The molecule has 0 fully saturated rings. The van der Waals surface area contributed by atoms with Crippen molar-refractivity contribution < 1.29 is 19.1 Å². The van der Waals surface area contributed by atoms with Gasteiger partial charge in [-0.15, -0.1) is 0 Å². The molecule has 1 aliphatic heterocycles. The third kappa shape index (κ3) is 3.43. The number of hydrogen-bond donors (Lipinski definition) is 0. The molecule has 2 amide bonds. The molecule has 0 spiro atoms. The summed E-state index contributed by atoms with van der Waals surface area (Å²) in [7, 11) is 1.38. The Labute approximate surface area is 160 Å². The third-order valence-corrected chi connectivity index (χ3v) is 5.75. The van der Waals surface area contributed by atoms with Gasteiger partial charge in [-0.3, -0.25) is 14.4 Å². The van der Waals surface area contributed by atoms with E-state index in [1.54, 1.807) is 0 Å². The van der Waals surface area contributed by atoms with Crippen molar-refractivity contribution in [3.63, 3.8) is 0 Å². The van der Waals surface area contributed by atoms with Gasteiger partial charge in [0, 0.05) is 11.1 Å². The minimum Gasteiger partial charge on any atom is -0.469 e. The number of rotatable bonds is 4. The second-order valence-electron chi connectivity index (χ2n) is 7.94. The molecule has 2 atom stereocenters. The first-order valence-electron chi connectivity index (χ1n) is 9.53. The van der Waals surface area contributed by atoms with E-state index in [0.717, 1.165) is 23.1 Å². The van der Waals surface area contributed by atoms with E-state index in [9.17, 15) is 14.4 Å². The lowest BCUT2D eigenvalue weighted by Gasteiger charge is -2.21. The van der Waals surface area contributed by atoms with Crippen LogP contribution in [0.4, 0.5) is 5.69 Å². The molecule has 0 N–H and O–H groups in total. The standard InChI is InChI=1S/C22H27NO4/c1-12-6-7-17-18(8-12)21(25)23(20(17)24)19-11-16(13(2)9-14(19)3)10-15(4)22(26)27-5/h9,11-12,15H,6-8,10H2,1-5H3. The average Bonchev–Trinajstić information content (AvgIpc) is 2.87. The molecule has 5 heteroatoms. The smallest absolute Gasteiger partial charge is 0.308 e. The van der Waals surface area contributed by atoms with Crippen LogP contribution in [0.1, 0.15) is 49.8 Å². The number of methoxy groups -OCH3 is 1. The Hall–Kier alpha value is -2.43. The van der Waals surface area contributed by atoms with E-state index in [4.69, 9.17) is 4.74 Å². The summed E-state index contributed by atoms with van der Waals surface area (Å²) in [5, 5.41) is 0. The van der Waals surface area contributed by atoms with Gasteiger partial charge in [0.25, 0.3) is 11.8 Å². The minimum atomic E-state index is -0.290. The summed E-state index contributed by atoms with van der Waals surface area (Å²) < 4.78 is 4.82. The van der Waals surface area contributed by atoms with E-state index >= 15 is 0 Å². The van der Waals surface area contributed by atoms with E-state index in [0.29, 0.717) is 42.0 Å². The van der Waals surface area contributed by atoms with Crippen LogP contribution in [-0.4, -0.2) is 24.9 Å². The highest BCUT2D eigenvalue weighted by Gasteiger charge is 2.41. The molecule has 1 heterocycles. The lowest BCUT2D eigenvalue weighted by atomic mass is 9.86. The fourth-order valence-corrected chi connectivity index (χ4v) is 4.11. The molecule has 5 nitrogen and oxygen atoms in total. The molecule has 27 heavy (non-hydrogen) atoms. The Morgan fingerprint density at radius 1 is 1.19 bits per heavy atom. The van der Waals surface area contributed by atoms with Crippen molar-refractivity contribution in [1.82, 2.24) is 0 Å². The molecule has 0 bridgehead atoms. The topological polar surface area (TPSA) is 63.7 Å². The van der Waals surface area contributed by atoms with E-state index < -0.39 is 0 Å². The van der Waals surface area contributed by atoms with E-state index in [-0.39, 0.29) is 23.7 Å². The van der Waals surface area contributed by atoms with Crippen molar-refractivity contribution >= 4 is 23.5 Å². The summed E-state index contributed by atoms with van der Waals surface area (Å²) in [5.74, 6) is -0.491. The molecule has 0 aromatic heterocycles. The van der Waals surface area contributed by atoms with Gasteiger partial charge in [-0.2, -0.15) is 0 Å². The van der Waals surface area contributed by atoms with Crippen LogP contribution in [0, 0.1) is 25.7 Å². The second-order valence-corrected chi connectivity index (χ2v) is 7.94. The summed E-state index contributed by atoms with van der Waals surface area (Å²) in [4.78, 5) is 39.1. The van der Waals surface area contributed by atoms with Crippen LogP contribution in [-0.2, 0) is 25.5 Å². The van der Waals surface area contributed by atoms with Crippen molar-refractivity contribution in [1.29, 1.82) is 0 Å². The van der Waals surface area contributed by atoms with Crippen LogP contribution < -0.4 is 4.90 Å². The Morgan fingerprint density at radius 3 is 2.52 bits per heavy atom. The molecule has 0 saturated heterocycles. The van der Waals surface area contributed by atoms with Crippen LogP contribution in [0.3, 0.4) is 0 Å². The van der Waals surface area contributed by atoms with Crippen molar-refractivity contribution in [2.75, 3.05) is 12.0 Å². The summed E-state index contributed by atoms with van der Waals surface area (Å²) in [6, 6.07) is 3.87. The normalized spacial score (nSPS) is 20.8. The molecule has 144 valence electrons. The van der Waals surface area contributed by atoms with Gasteiger partial charge in [-0.05, 0) is 68.2 Å². The third-order valence-electron chi connectivity index (χ3n) is 5.75. The number of carbonyl (C=O) groups excluding carboxylic acids is 3. The number of hydrogen-bond acceptors (Lipinski definition) is 4. The largest absolute Gasteiger partial charge is 0.469 e. The van der Waals surface area contributed by atoms with Gasteiger partial charge >= 0.3 is 5.97 Å². The lowest BCUT2D eigenvalue weighted by Crippen LogP contribution is -2.32. The quantitative estimate of drug-likeness (QED) is 0.600. The first-order chi connectivity index (χ1) is 12.7. The first kappa shape index (κ1) is 19.3. The number of ether oxygens (including phenoxy) is 1. The highest BCUT2D eigenvalue weighted by atomic mass is 16.5. The summed E-state index contributed by atoms with van der Waals surface area (Å²) in [6.45, 7) is 7.83. The number of esters is 1. The van der Waals surface area contributed by atoms with Crippen molar-refractivity contribution in [2.24, 2.45) is 11.8 Å². The monoisotopic (exact) mass is 369 g/mol. The Kier molecular flexibility index (Phi) is 5.22. The van der Waals surface area contributed by atoms with Gasteiger partial charge in [-0.25, -0.2) is 4.90 Å². The SMILES string of the molecule is COC(=O)C(C)Cc1cc(N2C(=O)C3=C(CC(C)CC3)C2=O)c(C)cc1C. The fraction of sp³-hybridized carbons (Fsp3) is 0.500. The van der Waals surface area contributed by atoms with Gasteiger partial charge in [0.05, 0.1) is 18.7 Å². The van der Waals surface area contributed by atoms with Crippen LogP contribution >= 0.6 is 0 Å². The molecule has 2 unspecified atom stereocenters. The van der Waals surface area contributed by atoms with Crippen LogP contribution in [0.2, 0.25) is 0 Å². The van der Waals surface area contributed by atoms with Crippen molar-refractivity contribution in [3.8, 4) is 0 Å². The summed E-state index contributed by atoms with van der Waals surface area (Å²) in [5.41, 5.74) is 4.87. The maximum atomic E-state index is 13.0. The van der Waals surface area contributed by atoms with Gasteiger partial charge in [-0.1, -0.05) is 19.9 Å². The molecule has 2 aliphatic rings. The number of benzene rings is 1. The first-order valence-corrected chi connectivity index (χ1v) is 9.53. The van der Waals surface area contributed by atoms with E-state index in [2.05, 4.69) is 6.92 Å². The molecule has 0 radical (unpaired) electrons. The Balaban J connectivity index is 1.96. The maximum absolute atomic E-state index is 13.0. The van der Waals surface area contributed by atoms with E-state index in [1.165, 1.54) is 12.0 Å². The van der Waals surface area contributed by atoms with Crippen LogP contribution in [0.5, 0.6) is 0 Å². The van der Waals surface area contributed by atoms with Gasteiger partial charge in [0.2, 0.25) is 0 Å². The van der Waals surface area contributed by atoms with Crippen LogP contribution in [0.25, 0.3) is 0 Å². The number of aryl methyl sites for hydroxylation is 2. The molecule has 3 rings (SSSR count). The predicted molar refractivity (Wildman–Crippen MR) is 103 cm³/mol. The van der Waals surface area contributed by atoms with Crippen LogP contribution in [0.15, 0.2) is 23.3 Å². The summed E-state index contributed by atoms with van der Waals surface area (Å²) in [6.07, 6.45) is 2.80. The molecule has 1 aliphatic carbocycles. The molecular formula is C22H27NO4. The zero-order valence-electron chi connectivity index (χ0n) is 16.7. The van der Waals surface area contributed by atoms with Crippen molar-refractivity contribution in [2.45, 2.75) is 53.4 Å². The number of imide groups is 1. The summed E-state index contributed by atoms with van der Waals surface area (Å²) >= 11 is 0. The maximum Gasteiger partial charge on any atom is 0.308 e.